The monoisotopic (exact) mass is 544 g/mol. The van der Waals surface area contributed by atoms with Crippen LogP contribution in [0.2, 0.25) is 10.0 Å². The summed E-state index contributed by atoms with van der Waals surface area (Å²) in [6.45, 7) is 1.03. The molecule has 0 radical (unpaired) electrons. The molecule has 4 rings (SSSR count). The highest BCUT2D eigenvalue weighted by atomic mass is 35.5. The average Bonchev–Trinajstić information content (AvgIpc) is 3.28. The van der Waals surface area contributed by atoms with Gasteiger partial charge >= 0.3 is 0 Å². The standard InChI is InChI=1S/C21H18Cl2N2O7S2/c22-15-3-1-14(2-4-15)19-24-20(34(29,30)17-7-5-16(23)6-8-17)21(32-19)33(27,28)13-18(26)25-9-11-31-12-10-25/h1-8H,9-13H2. The molecule has 0 N–H and O–H groups in total. The maximum absolute atomic E-state index is 13.3. The van der Waals surface area contributed by atoms with E-state index in [2.05, 4.69) is 4.98 Å². The third-order valence-corrected chi connectivity index (χ3v) is 8.78. The molecular weight excluding hydrogens is 527 g/mol. The topological polar surface area (TPSA) is 124 Å². The van der Waals surface area contributed by atoms with Gasteiger partial charge in [-0.15, -0.1) is 0 Å². The quantitative estimate of drug-likeness (QED) is 0.463. The number of ether oxygens (including phenoxy) is 1. The van der Waals surface area contributed by atoms with Crippen LogP contribution in [0.1, 0.15) is 0 Å². The number of hydrogen-bond donors (Lipinski definition) is 0. The molecule has 0 unspecified atom stereocenters. The van der Waals surface area contributed by atoms with Crippen molar-refractivity contribution < 1.29 is 30.8 Å². The van der Waals surface area contributed by atoms with E-state index < -0.39 is 41.5 Å². The molecule has 0 spiro atoms. The van der Waals surface area contributed by atoms with E-state index >= 15 is 0 Å². The van der Waals surface area contributed by atoms with E-state index in [9.17, 15) is 21.6 Å². The first-order chi connectivity index (χ1) is 16.1. The van der Waals surface area contributed by atoms with Crippen molar-refractivity contribution in [3.05, 3.63) is 58.6 Å². The predicted octanol–water partition coefficient (Wildman–Crippen LogP) is 3.11. The fourth-order valence-electron chi connectivity index (χ4n) is 3.23. The Labute approximate surface area is 206 Å². The molecule has 1 aromatic heterocycles. The highest BCUT2D eigenvalue weighted by Crippen LogP contribution is 2.33. The second kappa shape index (κ2) is 9.67. The molecule has 180 valence electrons. The summed E-state index contributed by atoms with van der Waals surface area (Å²) in [5, 5.41) is -1.01. The fourth-order valence-corrected chi connectivity index (χ4v) is 6.53. The van der Waals surface area contributed by atoms with E-state index in [1.165, 1.54) is 53.4 Å². The zero-order valence-electron chi connectivity index (χ0n) is 17.5. The van der Waals surface area contributed by atoms with Gasteiger partial charge in [-0.2, -0.15) is 4.98 Å². The minimum absolute atomic E-state index is 0.233. The molecule has 2 heterocycles. The number of halogens is 2. The van der Waals surface area contributed by atoms with Crippen molar-refractivity contribution in [2.45, 2.75) is 15.0 Å². The van der Waals surface area contributed by atoms with Crippen molar-refractivity contribution in [1.82, 2.24) is 9.88 Å². The third kappa shape index (κ3) is 5.13. The Morgan fingerprint density at radius 1 is 0.912 bits per heavy atom. The molecule has 34 heavy (non-hydrogen) atoms. The van der Waals surface area contributed by atoms with Crippen LogP contribution in [0.3, 0.4) is 0 Å². The smallest absolute Gasteiger partial charge is 0.258 e. The number of oxazole rings is 1. The molecule has 3 aromatic rings. The maximum Gasteiger partial charge on any atom is 0.258 e. The van der Waals surface area contributed by atoms with Crippen LogP contribution in [0.15, 0.2) is 68.0 Å². The Morgan fingerprint density at radius 2 is 1.47 bits per heavy atom. The number of amides is 1. The number of aromatic nitrogens is 1. The summed E-state index contributed by atoms with van der Waals surface area (Å²) in [5.41, 5.74) is 0.304. The van der Waals surface area contributed by atoms with Crippen molar-refractivity contribution >= 4 is 48.8 Å². The maximum atomic E-state index is 13.3. The van der Waals surface area contributed by atoms with Gasteiger partial charge in [0.25, 0.3) is 5.09 Å². The molecule has 0 saturated carbocycles. The van der Waals surface area contributed by atoms with Crippen molar-refractivity contribution in [2.24, 2.45) is 0 Å². The molecule has 1 aliphatic rings. The average molecular weight is 545 g/mol. The fraction of sp³-hybridized carbons (Fsp3) is 0.238. The van der Waals surface area contributed by atoms with E-state index in [4.69, 9.17) is 32.4 Å². The Kier molecular flexibility index (Phi) is 7.02. The zero-order valence-corrected chi connectivity index (χ0v) is 20.6. The van der Waals surface area contributed by atoms with E-state index in [0.717, 1.165) is 0 Å². The zero-order chi connectivity index (χ0) is 24.5. The molecule has 1 amide bonds. The summed E-state index contributed by atoms with van der Waals surface area (Å²) in [4.78, 5) is 17.7. The van der Waals surface area contributed by atoms with Gasteiger partial charge in [0.15, 0.2) is 0 Å². The predicted molar refractivity (Wildman–Crippen MR) is 123 cm³/mol. The van der Waals surface area contributed by atoms with Crippen molar-refractivity contribution in [2.75, 3.05) is 32.1 Å². The summed E-state index contributed by atoms with van der Waals surface area (Å²) >= 11 is 11.8. The molecule has 1 fully saturated rings. The van der Waals surface area contributed by atoms with Crippen LogP contribution in [0.4, 0.5) is 0 Å². The molecule has 9 nitrogen and oxygen atoms in total. The number of benzene rings is 2. The minimum atomic E-state index is -4.53. The summed E-state index contributed by atoms with van der Waals surface area (Å²) in [7, 11) is -8.97. The van der Waals surface area contributed by atoms with Crippen LogP contribution in [0.5, 0.6) is 0 Å². The van der Waals surface area contributed by atoms with Crippen LogP contribution >= 0.6 is 23.2 Å². The van der Waals surface area contributed by atoms with Gasteiger partial charge in [-0.05, 0) is 48.5 Å². The molecule has 13 heteroatoms. The lowest BCUT2D eigenvalue weighted by Crippen LogP contribution is -2.43. The van der Waals surface area contributed by atoms with Crippen LogP contribution in [0, 0.1) is 0 Å². The summed E-state index contributed by atoms with van der Waals surface area (Å²) in [6.07, 6.45) is 0. The van der Waals surface area contributed by atoms with Crippen molar-refractivity contribution in [3.63, 3.8) is 0 Å². The van der Waals surface area contributed by atoms with Crippen LogP contribution in [-0.2, 0) is 29.2 Å². The van der Waals surface area contributed by atoms with Gasteiger partial charge in [0.1, 0.15) is 5.75 Å². The SMILES string of the molecule is O=C(CS(=O)(=O)c1oc(-c2ccc(Cl)cc2)nc1S(=O)(=O)c1ccc(Cl)cc1)N1CCOCC1. The highest BCUT2D eigenvalue weighted by molar-refractivity contribution is 7.94. The molecule has 0 bridgehead atoms. The molecule has 1 aliphatic heterocycles. The van der Waals surface area contributed by atoms with Gasteiger partial charge in [0.2, 0.25) is 36.5 Å². The second-order valence-electron chi connectivity index (χ2n) is 7.33. The van der Waals surface area contributed by atoms with E-state index in [1.54, 1.807) is 0 Å². The minimum Gasteiger partial charge on any atom is -0.423 e. The largest absolute Gasteiger partial charge is 0.423 e. The molecule has 0 atom stereocenters. The Hall–Kier alpha value is -2.44. The Morgan fingerprint density at radius 3 is 2.06 bits per heavy atom. The van der Waals surface area contributed by atoms with Crippen molar-refractivity contribution in [3.8, 4) is 11.5 Å². The van der Waals surface area contributed by atoms with Crippen LogP contribution in [-0.4, -0.2) is 64.7 Å². The number of carbonyl (C=O) groups excluding carboxylic acids is 1. The number of sulfone groups is 2. The molecule has 0 aliphatic carbocycles. The van der Waals surface area contributed by atoms with Crippen LogP contribution < -0.4 is 0 Å². The number of rotatable bonds is 6. The van der Waals surface area contributed by atoms with E-state index in [0.29, 0.717) is 15.6 Å². The van der Waals surface area contributed by atoms with Gasteiger partial charge in [-0.1, -0.05) is 23.2 Å². The first-order valence-electron chi connectivity index (χ1n) is 9.93. The summed E-state index contributed by atoms with van der Waals surface area (Å²) in [5.74, 6) is -1.92. The van der Waals surface area contributed by atoms with Gasteiger partial charge in [0.05, 0.1) is 18.1 Å². The summed E-state index contributed by atoms with van der Waals surface area (Å²) in [6, 6.07) is 11.2. The first-order valence-corrected chi connectivity index (χ1v) is 13.8. The lowest BCUT2D eigenvalue weighted by Gasteiger charge is -2.26. The number of carbonyl (C=O) groups is 1. The van der Waals surface area contributed by atoms with E-state index in [-0.39, 0.29) is 37.1 Å². The Balaban J connectivity index is 1.80. The lowest BCUT2D eigenvalue weighted by atomic mass is 10.2. The van der Waals surface area contributed by atoms with Gasteiger partial charge in [-0.25, -0.2) is 16.8 Å². The van der Waals surface area contributed by atoms with Gasteiger partial charge in [-0.3, -0.25) is 4.79 Å². The normalized spacial score (nSPS) is 14.8. The summed E-state index contributed by atoms with van der Waals surface area (Å²) < 4.78 is 63.8. The number of nitrogens with zero attached hydrogens (tertiary/aromatic N) is 2. The second-order valence-corrected chi connectivity index (χ2v) is 12.0. The molecular formula is C21H18Cl2N2O7S2. The molecule has 1 saturated heterocycles. The Bertz CT molecular complexity index is 1410. The lowest BCUT2D eigenvalue weighted by molar-refractivity contribution is -0.132. The molecule has 2 aromatic carbocycles. The number of morpholine rings is 1. The number of hydrogen-bond acceptors (Lipinski definition) is 8. The van der Waals surface area contributed by atoms with Crippen LogP contribution in [0.25, 0.3) is 11.5 Å². The van der Waals surface area contributed by atoms with Gasteiger partial charge < -0.3 is 14.1 Å². The highest BCUT2D eigenvalue weighted by Gasteiger charge is 2.37. The first kappa shape index (κ1) is 24.7. The van der Waals surface area contributed by atoms with Gasteiger partial charge in [0, 0.05) is 28.7 Å². The van der Waals surface area contributed by atoms with Crippen molar-refractivity contribution in [1.29, 1.82) is 0 Å². The third-order valence-electron chi connectivity index (χ3n) is 5.00. The van der Waals surface area contributed by atoms with E-state index in [1.807, 2.05) is 0 Å².